The topological polar surface area (TPSA) is 50.4 Å². The van der Waals surface area contributed by atoms with E-state index in [2.05, 4.69) is 17.6 Å². The van der Waals surface area contributed by atoms with Gasteiger partial charge in [0.05, 0.1) is 13.2 Å². The van der Waals surface area contributed by atoms with Gasteiger partial charge in [-0.2, -0.15) is 0 Å². The van der Waals surface area contributed by atoms with E-state index in [1.54, 1.807) is 7.11 Å². The molecule has 0 spiro atoms. The lowest BCUT2D eigenvalue weighted by Crippen LogP contribution is -2.40. The highest BCUT2D eigenvalue weighted by molar-refractivity contribution is 5.77. The van der Waals surface area contributed by atoms with Crippen LogP contribution in [0.5, 0.6) is 0 Å². The van der Waals surface area contributed by atoms with Crippen molar-refractivity contribution in [2.75, 3.05) is 33.4 Å². The van der Waals surface area contributed by atoms with Crippen LogP contribution < -0.4 is 10.6 Å². The van der Waals surface area contributed by atoms with Gasteiger partial charge in [-0.25, -0.2) is 0 Å². The fourth-order valence-electron chi connectivity index (χ4n) is 2.58. The van der Waals surface area contributed by atoms with Gasteiger partial charge in [-0.15, -0.1) is 0 Å². The summed E-state index contributed by atoms with van der Waals surface area (Å²) >= 11 is 0. The summed E-state index contributed by atoms with van der Waals surface area (Å²) in [6.07, 6.45) is 6.51. The Bertz CT molecular complexity index is 225. The SMILES string of the molecule is CCC1(CNCC(=O)NCCOC)CCCC1. The first kappa shape index (κ1) is 14.5. The number of methoxy groups -OCH3 is 1. The highest BCUT2D eigenvalue weighted by atomic mass is 16.5. The van der Waals surface area contributed by atoms with Crippen LogP contribution in [0.15, 0.2) is 0 Å². The maximum absolute atomic E-state index is 11.5. The van der Waals surface area contributed by atoms with Crippen LogP contribution in [0.1, 0.15) is 39.0 Å². The maximum Gasteiger partial charge on any atom is 0.234 e. The second-order valence-electron chi connectivity index (χ2n) is 5.01. The molecule has 1 saturated carbocycles. The van der Waals surface area contributed by atoms with Crippen molar-refractivity contribution >= 4 is 5.91 Å². The Morgan fingerprint density at radius 2 is 2.06 bits per heavy atom. The van der Waals surface area contributed by atoms with Gasteiger partial charge in [-0.1, -0.05) is 19.8 Å². The summed E-state index contributed by atoms with van der Waals surface area (Å²) in [4.78, 5) is 11.5. The Hall–Kier alpha value is -0.610. The molecular formula is C13H26N2O2. The molecule has 0 aromatic rings. The molecule has 0 aromatic heterocycles. The van der Waals surface area contributed by atoms with E-state index in [9.17, 15) is 4.79 Å². The Balaban J connectivity index is 2.11. The van der Waals surface area contributed by atoms with E-state index in [1.807, 2.05) is 0 Å². The first-order valence-corrected chi connectivity index (χ1v) is 6.69. The van der Waals surface area contributed by atoms with Crippen molar-refractivity contribution in [1.29, 1.82) is 0 Å². The first-order valence-electron chi connectivity index (χ1n) is 6.69. The third kappa shape index (κ3) is 5.04. The molecule has 100 valence electrons. The van der Waals surface area contributed by atoms with Gasteiger partial charge in [-0.3, -0.25) is 4.79 Å². The molecule has 1 amide bonds. The molecule has 0 heterocycles. The fraction of sp³-hybridized carbons (Fsp3) is 0.923. The Morgan fingerprint density at radius 1 is 1.35 bits per heavy atom. The van der Waals surface area contributed by atoms with Crippen molar-refractivity contribution in [3.63, 3.8) is 0 Å². The summed E-state index contributed by atoms with van der Waals surface area (Å²) in [7, 11) is 1.63. The third-order valence-corrected chi connectivity index (χ3v) is 3.83. The zero-order valence-electron chi connectivity index (χ0n) is 11.2. The minimum absolute atomic E-state index is 0.0614. The van der Waals surface area contributed by atoms with Gasteiger partial charge in [0.1, 0.15) is 0 Å². The van der Waals surface area contributed by atoms with Crippen LogP contribution in [-0.2, 0) is 9.53 Å². The van der Waals surface area contributed by atoms with Gasteiger partial charge in [0, 0.05) is 20.2 Å². The second kappa shape index (κ2) is 7.67. The van der Waals surface area contributed by atoms with Crippen molar-refractivity contribution in [2.45, 2.75) is 39.0 Å². The molecule has 0 saturated heterocycles. The van der Waals surface area contributed by atoms with Crippen LogP contribution in [0.3, 0.4) is 0 Å². The van der Waals surface area contributed by atoms with E-state index in [1.165, 1.54) is 32.1 Å². The molecule has 17 heavy (non-hydrogen) atoms. The Labute approximate surface area is 104 Å². The van der Waals surface area contributed by atoms with Crippen molar-refractivity contribution in [3.05, 3.63) is 0 Å². The molecule has 1 aliphatic carbocycles. The lowest BCUT2D eigenvalue weighted by molar-refractivity contribution is -0.120. The van der Waals surface area contributed by atoms with Crippen LogP contribution >= 0.6 is 0 Å². The van der Waals surface area contributed by atoms with Gasteiger partial charge >= 0.3 is 0 Å². The molecule has 2 N–H and O–H groups in total. The number of rotatable bonds is 8. The van der Waals surface area contributed by atoms with E-state index in [-0.39, 0.29) is 5.91 Å². The van der Waals surface area contributed by atoms with Crippen molar-refractivity contribution in [2.24, 2.45) is 5.41 Å². The molecule has 4 heteroatoms. The maximum atomic E-state index is 11.5. The monoisotopic (exact) mass is 242 g/mol. The van der Waals surface area contributed by atoms with Gasteiger partial charge in [0.15, 0.2) is 0 Å². The first-order chi connectivity index (χ1) is 8.22. The summed E-state index contributed by atoms with van der Waals surface area (Å²) in [5.74, 6) is 0.0614. The van der Waals surface area contributed by atoms with Crippen LogP contribution in [-0.4, -0.2) is 39.3 Å². The average molecular weight is 242 g/mol. The standard InChI is InChI=1S/C13H26N2O2/c1-3-13(6-4-5-7-13)11-14-10-12(16)15-8-9-17-2/h14H,3-11H2,1-2H3,(H,15,16). The third-order valence-electron chi connectivity index (χ3n) is 3.83. The van der Waals surface area contributed by atoms with Crippen molar-refractivity contribution in [3.8, 4) is 0 Å². The molecule has 0 radical (unpaired) electrons. The summed E-state index contributed by atoms with van der Waals surface area (Å²) in [5.41, 5.74) is 0.451. The predicted octanol–water partition coefficient (Wildman–Crippen LogP) is 1.31. The quantitative estimate of drug-likeness (QED) is 0.631. The largest absolute Gasteiger partial charge is 0.383 e. The fourth-order valence-corrected chi connectivity index (χ4v) is 2.58. The molecule has 0 aliphatic heterocycles. The van der Waals surface area contributed by atoms with Crippen LogP contribution in [0.25, 0.3) is 0 Å². The van der Waals surface area contributed by atoms with E-state index in [0.29, 0.717) is 25.1 Å². The molecule has 0 unspecified atom stereocenters. The lowest BCUT2D eigenvalue weighted by Gasteiger charge is -2.27. The van der Waals surface area contributed by atoms with Crippen molar-refractivity contribution < 1.29 is 9.53 Å². The van der Waals surface area contributed by atoms with Gasteiger partial charge in [0.25, 0.3) is 0 Å². The Kier molecular flexibility index (Phi) is 6.52. The molecule has 1 fully saturated rings. The van der Waals surface area contributed by atoms with Gasteiger partial charge in [-0.05, 0) is 24.7 Å². The van der Waals surface area contributed by atoms with Gasteiger partial charge in [0.2, 0.25) is 5.91 Å². The zero-order chi connectivity index (χ0) is 12.6. The van der Waals surface area contributed by atoms with E-state index < -0.39 is 0 Å². The smallest absolute Gasteiger partial charge is 0.234 e. The summed E-state index contributed by atoms with van der Waals surface area (Å²) in [6, 6.07) is 0. The molecule has 0 atom stereocenters. The second-order valence-corrected chi connectivity index (χ2v) is 5.01. The van der Waals surface area contributed by atoms with Crippen molar-refractivity contribution in [1.82, 2.24) is 10.6 Å². The normalized spacial score (nSPS) is 18.2. The number of carbonyl (C=O) groups is 1. The number of nitrogens with one attached hydrogen (secondary N) is 2. The Morgan fingerprint density at radius 3 is 2.65 bits per heavy atom. The van der Waals surface area contributed by atoms with E-state index >= 15 is 0 Å². The minimum Gasteiger partial charge on any atom is -0.383 e. The highest BCUT2D eigenvalue weighted by Crippen LogP contribution is 2.40. The minimum atomic E-state index is 0.0614. The number of carbonyl (C=O) groups excluding carboxylic acids is 1. The molecule has 4 nitrogen and oxygen atoms in total. The number of ether oxygens (including phenoxy) is 1. The molecular weight excluding hydrogens is 216 g/mol. The van der Waals surface area contributed by atoms with E-state index in [4.69, 9.17) is 4.74 Å². The van der Waals surface area contributed by atoms with Crippen LogP contribution in [0, 0.1) is 5.41 Å². The van der Waals surface area contributed by atoms with Gasteiger partial charge < -0.3 is 15.4 Å². The molecule has 0 bridgehead atoms. The summed E-state index contributed by atoms with van der Waals surface area (Å²) < 4.78 is 4.88. The lowest BCUT2D eigenvalue weighted by atomic mass is 9.83. The number of hydrogen-bond donors (Lipinski definition) is 2. The van der Waals surface area contributed by atoms with E-state index in [0.717, 1.165) is 6.54 Å². The number of hydrogen-bond acceptors (Lipinski definition) is 3. The molecule has 1 rings (SSSR count). The summed E-state index contributed by atoms with van der Waals surface area (Å²) in [6.45, 7) is 4.82. The van der Waals surface area contributed by atoms with Crippen LogP contribution in [0.2, 0.25) is 0 Å². The zero-order valence-corrected chi connectivity index (χ0v) is 11.2. The molecule has 0 aromatic carbocycles. The number of amides is 1. The van der Waals surface area contributed by atoms with Crippen LogP contribution in [0.4, 0.5) is 0 Å². The average Bonchev–Trinajstić information content (AvgIpc) is 2.79. The predicted molar refractivity (Wildman–Crippen MR) is 68.9 cm³/mol. The molecule has 1 aliphatic rings. The highest BCUT2D eigenvalue weighted by Gasteiger charge is 2.31. The summed E-state index contributed by atoms with van der Waals surface area (Å²) in [5, 5.41) is 6.11.